The Morgan fingerprint density at radius 3 is 2.38 bits per heavy atom. The van der Waals surface area contributed by atoms with Gasteiger partial charge in [0.15, 0.2) is 11.5 Å². The van der Waals surface area contributed by atoms with Gasteiger partial charge in [0, 0.05) is 13.1 Å². The number of hydrogen-bond acceptors (Lipinski definition) is 4. The molecule has 0 saturated carbocycles. The van der Waals surface area contributed by atoms with Gasteiger partial charge in [-0.3, -0.25) is 0 Å². The molecule has 0 radical (unpaired) electrons. The van der Waals surface area contributed by atoms with Crippen molar-refractivity contribution in [2.75, 3.05) is 26.2 Å². The van der Waals surface area contributed by atoms with Crippen molar-refractivity contribution in [2.45, 2.75) is 6.05 Å². The van der Waals surface area contributed by atoms with Crippen LogP contribution in [0, 0.1) is 0 Å². The molecule has 0 amide bonds. The number of benzene rings is 2. The van der Waals surface area contributed by atoms with E-state index in [0.717, 1.165) is 7.05 Å². The van der Waals surface area contributed by atoms with E-state index < -0.39 is 12.0 Å². The lowest BCUT2D eigenvalue weighted by Gasteiger charge is -2.28. The lowest BCUT2D eigenvalue weighted by Crippen LogP contribution is -2.37. The van der Waals surface area contributed by atoms with Crippen LogP contribution in [0.1, 0.15) is 15.9 Å². The SMILES string of the molecule is COc1ccc(/C=C/C(F)(F)N(C)c2ccccc2C(=O)O)cc1OC. The predicted octanol–water partition coefficient (Wildman–Crippen LogP) is 4.14. The van der Waals surface area contributed by atoms with Crippen molar-refractivity contribution < 1.29 is 28.2 Å². The summed E-state index contributed by atoms with van der Waals surface area (Å²) in [5.41, 5.74) is 0.207. The standard InChI is InChI=1S/C19H19F2NO4/c1-22(15-7-5-4-6-14(15)18(23)24)19(20,21)11-10-13-8-9-16(25-2)17(12-13)26-3/h4-12H,1-3H3,(H,23,24)/b11-10+. The quantitative estimate of drug-likeness (QED) is 0.749. The van der Waals surface area contributed by atoms with Crippen molar-refractivity contribution in [1.29, 1.82) is 0 Å². The largest absolute Gasteiger partial charge is 0.493 e. The number of likely N-dealkylation sites (N-methyl/N-ethyl adjacent to an activating group) is 1. The van der Waals surface area contributed by atoms with Crippen molar-refractivity contribution >= 4 is 17.7 Å². The van der Waals surface area contributed by atoms with Crippen LogP contribution in [0.3, 0.4) is 0 Å². The molecule has 7 heteroatoms. The second kappa shape index (κ2) is 7.86. The summed E-state index contributed by atoms with van der Waals surface area (Å²) in [6, 6.07) is 6.99. The Morgan fingerprint density at radius 1 is 1.12 bits per heavy atom. The zero-order valence-electron chi connectivity index (χ0n) is 14.6. The average Bonchev–Trinajstić information content (AvgIpc) is 2.65. The number of ether oxygens (including phenoxy) is 2. The summed E-state index contributed by atoms with van der Waals surface area (Å²) >= 11 is 0. The third-order valence-corrected chi connectivity index (χ3v) is 3.83. The van der Waals surface area contributed by atoms with Crippen LogP contribution in [0.25, 0.3) is 6.08 Å². The third kappa shape index (κ3) is 4.11. The summed E-state index contributed by atoms with van der Waals surface area (Å²) in [5, 5.41) is 9.18. The van der Waals surface area contributed by atoms with Crippen LogP contribution in [0.15, 0.2) is 48.5 Å². The van der Waals surface area contributed by atoms with Crippen LogP contribution in [0.2, 0.25) is 0 Å². The molecule has 0 heterocycles. The topological polar surface area (TPSA) is 59.0 Å². The van der Waals surface area contributed by atoms with Crippen LogP contribution in [-0.4, -0.2) is 38.4 Å². The fourth-order valence-corrected chi connectivity index (χ4v) is 2.37. The molecule has 26 heavy (non-hydrogen) atoms. The number of carbonyl (C=O) groups is 1. The molecular weight excluding hydrogens is 344 g/mol. The van der Waals surface area contributed by atoms with Crippen LogP contribution in [0.4, 0.5) is 14.5 Å². The van der Waals surface area contributed by atoms with E-state index in [0.29, 0.717) is 28.0 Å². The monoisotopic (exact) mass is 363 g/mol. The number of carboxylic acids is 1. The number of alkyl halides is 2. The molecule has 0 fully saturated rings. The number of hydrogen-bond donors (Lipinski definition) is 1. The molecule has 0 saturated heterocycles. The number of halogens is 2. The molecule has 0 atom stereocenters. The summed E-state index contributed by atoms with van der Waals surface area (Å²) in [7, 11) is 4.08. The second-order valence-corrected chi connectivity index (χ2v) is 5.42. The van der Waals surface area contributed by atoms with Gasteiger partial charge >= 0.3 is 12.0 Å². The van der Waals surface area contributed by atoms with E-state index in [-0.39, 0.29) is 11.3 Å². The van der Waals surface area contributed by atoms with Crippen molar-refractivity contribution in [3.05, 3.63) is 59.7 Å². The number of anilines is 1. The maximum Gasteiger partial charge on any atom is 0.346 e. The highest BCUT2D eigenvalue weighted by Gasteiger charge is 2.33. The number of nitrogens with zero attached hydrogens (tertiary/aromatic N) is 1. The molecule has 0 aliphatic carbocycles. The summed E-state index contributed by atoms with van der Waals surface area (Å²) in [6.07, 6.45) is 1.94. The molecule has 2 aromatic carbocycles. The van der Waals surface area contributed by atoms with Gasteiger partial charge in [-0.1, -0.05) is 24.3 Å². The number of rotatable bonds is 7. The Bertz CT molecular complexity index is 821. The van der Waals surface area contributed by atoms with Gasteiger partial charge in [0.1, 0.15) is 0 Å². The molecule has 0 aromatic heterocycles. The zero-order chi connectivity index (χ0) is 19.3. The highest BCUT2D eigenvalue weighted by atomic mass is 19.3. The van der Waals surface area contributed by atoms with Gasteiger partial charge in [0.05, 0.1) is 25.5 Å². The van der Waals surface area contributed by atoms with Crippen LogP contribution < -0.4 is 14.4 Å². The fourth-order valence-electron chi connectivity index (χ4n) is 2.37. The molecule has 5 nitrogen and oxygen atoms in total. The number of aromatic carboxylic acids is 1. The van der Waals surface area contributed by atoms with Crippen LogP contribution in [0.5, 0.6) is 11.5 Å². The molecule has 138 valence electrons. The van der Waals surface area contributed by atoms with E-state index in [1.54, 1.807) is 18.2 Å². The normalized spacial score (nSPS) is 11.4. The van der Waals surface area contributed by atoms with Crippen LogP contribution in [-0.2, 0) is 0 Å². The van der Waals surface area contributed by atoms with Gasteiger partial charge in [0.25, 0.3) is 0 Å². The highest BCUT2D eigenvalue weighted by molar-refractivity contribution is 5.94. The zero-order valence-corrected chi connectivity index (χ0v) is 14.6. The Balaban J connectivity index is 2.30. The van der Waals surface area contributed by atoms with E-state index in [1.165, 1.54) is 44.6 Å². The third-order valence-electron chi connectivity index (χ3n) is 3.83. The van der Waals surface area contributed by atoms with Gasteiger partial charge < -0.3 is 19.5 Å². The van der Waals surface area contributed by atoms with Crippen molar-refractivity contribution in [1.82, 2.24) is 0 Å². The predicted molar refractivity (Wildman–Crippen MR) is 95.3 cm³/mol. The van der Waals surface area contributed by atoms with Crippen molar-refractivity contribution in [3.63, 3.8) is 0 Å². The molecule has 0 bridgehead atoms. The summed E-state index contributed by atoms with van der Waals surface area (Å²) < 4.78 is 39.4. The van der Waals surface area contributed by atoms with E-state index in [1.807, 2.05) is 0 Å². The fraction of sp³-hybridized carbons (Fsp3) is 0.211. The average molecular weight is 363 g/mol. The van der Waals surface area contributed by atoms with Gasteiger partial charge in [-0.05, 0) is 29.8 Å². The summed E-state index contributed by atoms with van der Waals surface area (Å²) in [4.78, 5) is 11.9. The summed E-state index contributed by atoms with van der Waals surface area (Å²) in [5.74, 6) is -0.362. The molecule has 0 aliphatic heterocycles. The molecule has 0 aliphatic rings. The van der Waals surface area contributed by atoms with E-state index in [2.05, 4.69) is 0 Å². The Hall–Kier alpha value is -3.09. The lowest BCUT2D eigenvalue weighted by atomic mass is 10.1. The second-order valence-electron chi connectivity index (χ2n) is 5.42. The Labute approximate surface area is 150 Å². The minimum Gasteiger partial charge on any atom is -0.493 e. The maximum absolute atomic E-state index is 14.6. The molecule has 0 unspecified atom stereocenters. The van der Waals surface area contributed by atoms with E-state index in [4.69, 9.17) is 9.47 Å². The number of carboxylic acid groups (broad SMARTS) is 1. The first-order valence-electron chi connectivity index (χ1n) is 7.65. The van der Waals surface area contributed by atoms with Gasteiger partial charge in [0.2, 0.25) is 0 Å². The number of methoxy groups -OCH3 is 2. The van der Waals surface area contributed by atoms with Gasteiger partial charge in [-0.15, -0.1) is 0 Å². The lowest BCUT2D eigenvalue weighted by molar-refractivity contribution is 0.0567. The van der Waals surface area contributed by atoms with E-state index >= 15 is 0 Å². The first-order valence-corrected chi connectivity index (χ1v) is 7.65. The molecular formula is C19H19F2NO4. The first-order chi connectivity index (χ1) is 12.3. The van der Waals surface area contributed by atoms with Crippen molar-refractivity contribution in [3.8, 4) is 11.5 Å². The highest BCUT2D eigenvalue weighted by Crippen LogP contribution is 2.32. The Morgan fingerprint density at radius 2 is 1.77 bits per heavy atom. The van der Waals surface area contributed by atoms with Gasteiger partial charge in [-0.2, -0.15) is 8.78 Å². The van der Waals surface area contributed by atoms with E-state index in [9.17, 15) is 18.7 Å². The number of para-hydroxylation sites is 1. The molecule has 0 spiro atoms. The van der Waals surface area contributed by atoms with Crippen molar-refractivity contribution in [2.24, 2.45) is 0 Å². The minimum atomic E-state index is -3.40. The smallest absolute Gasteiger partial charge is 0.346 e. The maximum atomic E-state index is 14.6. The first kappa shape index (κ1) is 19.2. The summed E-state index contributed by atoms with van der Waals surface area (Å²) in [6.45, 7) is 0. The minimum absolute atomic E-state index is 0.0815. The molecule has 2 aromatic rings. The Kier molecular flexibility index (Phi) is 5.82. The molecule has 1 N–H and O–H groups in total. The van der Waals surface area contributed by atoms with Crippen LogP contribution >= 0.6 is 0 Å². The van der Waals surface area contributed by atoms with Gasteiger partial charge in [-0.25, -0.2) is 4.79 Å². The molecule has 2 rings (SSSR count).